The minimum atomic E-state index is -1.35. The van der Waals surface area contributed by atoms with E-state index in [1.807, 2.05) is 0 Å². The molecule has 2 rings (SSSR count). The maximum Gasteiger partial charge on any atom is 0.303 e. The number of nitrogens with zero attached hydrogens (tertiary/aromatic N) is 2. The summed E-state index contributed by atoms with van der Waals surface area (Å²) in [6.07, 6.45) is 0. The van der Waals surface area contributed by atoms with Crippen LogP contribution in [0.5, 0.6) is 5.88 Å². The molecule has 1 aromatic heterocycles. The number of ether oxygens (including phenoxy) is 2. The molecule has 1 amide bonds. The van der Waals surface area contributed by atoms with Crippen molar-refractivity contribution in [2.45, 2.75) is 52.9 Å². The summed E-state index contributed by atoms with van der Waals surface area (Å²) in [5.74, 6) is -2.73. The minimum Gasteiger partial charge on any atom is -0.471 e. The number of amides is 1. The van der Waals surface area contributed by atoms with Crippen LogP contribution in [0.15, 0.2) is 23.0 Å². The van der Waals surface area contributed by atoms with Crippen LogP contribution < -0.4 is 20.9 Å². The van der Waals surface area contributed by atoms with E-state index in [1.54, 1.807) is 13.8 Å². The van der Waals surface area contributed by atoms with Crippen LogP contribution in [0.1, 0.15) is 46.2 Å². The highest BCUT2D eigenvalue weighted by atomic mass is 35.5. The van der Waals surface area contributed by atoms with Gasteiger partial charge in [-0.1, -0.05) is 11.6 Å². The van der Waals surface area contributed by atoms with Crippen LogP contribution in [0, 0.1) is 11.6 Å². The number of anilines is 1. The lowest BCUT2D eigenvalue weighted by molar-refractivity contribution is -0.162. The van der Waals surface area contributed by atoms with E-state index in [0.29, 0.717) is 6.07 Å². The van der Waals surface area contributed by atoms with Gasteiger partial charge < -0.3 is 20.1 Å². The summed E-state index contributed by atoms with van der Waals surface area (Å²) in [4.78, 5) is 40.4. The maximum atomic E-state index is 13.9. The van der Waals surface area contributed by atoms with Gasteiger partial charge in [-0.15, -0.1) is 0 Å². The van der Waals surface area contributed by atoms with Gasteiger partial charge >= 0.3 is 5.97 Å². The van der Waals surface area contributed by atoms with Crippen molar-refractivity contribution in [3.63, 3.8) is 0 Å². The van der Waals surface area contributed by atoms with E-state index < -0.39 is 34.7 Å². The fourth-order valence-electron chi connectivity index (χ4n) is 2.95. The van der Waals surface area contributed by atoms with Crippen molar-refractivity contribution in [2.24, 2.45) is 0 Å². The van der Waals surface area contributed by atoms with E-state index in [1.165, 1.54) is 31.4 Å². The zero-order chi connectivity index (χ0) is 25.6. The number of rotatable bonds is 10. The Hall–Kier alpha value is -3.21. The van der Waals surface area contributed by atoms with Crippen molar-refractivity contribution < 1.29 is 27.8 Å². The first kappa shape index (κ1) is 27.0. The van der Waals surface area contributed by atoms with Gasteiger partial charge in [-0.25, -0.2) is 8.78 Å². The molecule has 0 aliphatic rings. The number of aromatic nitrogens is 2. The zero-order valence-corrected chi connectivity index (χ0v) is 20.3. The topological polar surface area (TPSA) is 112 Å². The first-order valence-electron chi connectivity index (χ1n) is 10.4. The number of hydrogen-bond donors (Lipinski definition) is 2. The molecule has 0 unspecified atom stereocenters. The lowest BCUT2D eigenvalue weighted by Crippen LogP contribution is -2.46. The Morgan fingerprint density at radius 3 is 2.50 bits per heavy atom. The van der Waals surface area contributed by atoms with Crippen LogP contribution in [-0.2, 0) is 20.9 Å². The van der Waals surface area contributed by atoms with E-state index in [2.05, 4.69) is 15.6 Å². The summed E-state index contributed by atoms with van der Waals surface area (Å²) in [6, 6.07) is 2.69. The van der Waals surface area contributed by atoms with Crippen molar-refractivity contribution in [2.75, 3.05) is 18.4 Å². The number of carbonyl (C=O) groups excluding carboxylic acids is 2. The summed E-state index contributed by atoms with van der Waals surface area (Å²) in [5, 5.41) is 5.26. The van der Waals surface area contributed by atoms with Crippen LogP contribution in [0.3, 0.4) is 0 Å². The molecule has 9 nitrogen and oxygen atoms in total. The molecule has 2 aromatic rings. The number of benzene rings is 1. The zero-order valence-electron chi connectivity index (χ0n) is 19.5. The van der Waals surface area contributed by atoms with E-state index in [4.69, 9.17) is 21.1 Å². The van der Waals surface area contributed by atoms with Gasteiger partial charge in [0.2, 0.25) is 11.8 Å². The molecule has 12 heteroatoms. The van der Waals surface area contributed by atoms with Crippen molar-refractivity contribution in [3.8, 4) is 5.88 Å². The van der Waals surface area contributed by atoms with Gasteiger partial charge in [0.05, 0.1) is 0 Å². The Morgan fingerprint density at radius 1 is 1.24 bits per heavy atom. The quantitative estimate of drug-likeness (QED) is 0.380. The molecule has 1 aromatic carbocycles. The van der Waals surface area contributed by atoms with Gasteiger partial charge in [0, 0.05) is 37.7 Å². The molecule has 186 valence electrons. The third-order valence-corrected chi connectivity index (χ3v) is 4.89. The predicted molar refractivity (Wildman–Crippen MR) is 122 cm³/mol. The monoisotopic (exact) mass is 500 g/mol. The highest BCUT2D eigenvalue weighted by molar-refractivity contribution is 6.31. The Balaban J connectivity index is 2.14. The third kappa shape index (κ3) is 6.89. The number of carbonyl (C=O) groups is 2. The first-order chi connectivity index (χ1) is 15.8. The SMILES string of the molecule is CC(=O)OC(C)(C)C(=O)NCCNc1nc(OCc2ccc(F)cc2F)c(Cl)c(=O)n1C(C)C. The van der Waals surface area contributed by atoms with E-state index in [-0.39, 0.29) is 48.2 Å². The van der Waals surface area contributed by atoms with Gasteiger partial charge in [0.1, 0.15) is 18.2 Å². The summed E-state index contributed by atoms with van der Waals surface area (Å²) in [6.45, 7) is 7.59. The summed E-state index contributed by atoms with van der Waals surface area (Å²) in [5.41, 5.74) is -1.87. The second kappa shape index (κ2) is 11.3. The number of esters is 1. The van der Waals surface area contributed by atoms with Crippen LogP contribution in [-0.4, -0.2) is 40.1 Å². The average molecular weight is 501 g/mol. The Labute approximate surface area is 200 Å². The van der Waals surface area contributed by atoms with E-state index in [0.717, 1.165) is 6.07 Å². The summed E-state index contributed by atoms with van der Waals surface area (Å²) in [7, 11) is 0. The molecule has 0 spiro atoms. The minimum absolute atomic E-state index is 0.0555. The molecular weight excluding hydrogens is 474 g/mol. The van der Waals surface area contributed by atoms with Crippen LogP contribution >= 0.6 is 11.6 Å². The first-order valence-corrected chi connectivity index (χ1v) is 10.8. The summed E-state index contributed by atoms with van der Waals surface area (Å²) >= 11 is 6.14. The second-order valence-corrected chi connectivity index (χ2v) is 8.51. The van der Waals surface area contributed by atoms with Gasteiger partial charge in [-0.2, -0.15) is 4.98 Å². The van der Waals surface area contributed by atoms with Crippen molar-refractivity contribution in [3.05, 3.63) is 50.8 Å². The molecule has 0 atom stereocenters. The van der Waals surface area contributed by atoms with Gasteiger partial charge in [-0.05, 0) is 39.8 Å². The van der Waals surface area contributed by atoms with Gasteiger partial charge in [0.15, 0.2) is 10.6 Å². The van der Waals surface area contributed by atoms with Crippen LogP contribution in [0.4, 0.5) is 14.7 Å². The molecule has 0 saturated heterocycles. The largest absolute Gasteiger partial charge is 0.471 e. The maximum absolute atomic E-state index is 13.9. The Kier molecular flexibility index (Phi) is 8.97. The van der Waals surface area contributed by atoms with E-state index >= 15 is 0 Å². The fraction of sp³-hybridized carbons (Fsp3) is 0.455. The number of hydrogen-bond acceptors (Lipinski definition) is 7. The third-order valence-electron chi connectivity index (χ3n) is 4.57. The molecule has 0 radical (unpaired) electrons. The molecular formula is C22H27ClF2N4O5. The van der Waals surface area contributed by atoms with Crippen LogP contribution in [0.2, 0.25) is 5.02 Å². The predicted octanol–water partition coefficient (Wildman–Crippen LogP) is 3.20. The average Bonchev–Trinajstić information content (AvgIpc) is 2.72. The smallest absolute Gasteiger partial charge is 0.303 e. The normalized spacial score (nSPS) is 11.3. The highest BCUT2D eigenvalue weighted by Crippen LogP contribution is 2.23. The van der Waals surface area contributed by atoms with Gasteiger partial charge in [0.25, 0.3) is 11.5 Å². The van der Waals surface area contributed by atoms with Crippen molar-refractivity contribution in [1.29, 1.82) is 0 Å². The second-order valence-electron chi connectivity index (χ2n) is 8.13. The fourth-order valence-corrected chi connectivity index (χ4v) is 3.13. The van der Waals surface area contributed by atoms with Crippen molar-refractivity contribution in [1.82, 2.24) is 14.9 Å². The Bertz CT molecular complexity index is 1120. The lowest BCUT2D eigenvalue weighted by atomic mass is 10.1. The molecule has 0 aliphatic heterocycles. The van der Waals surface area contributed by atoms with E-state index in [9.17, 15) is 23.2 Å². The molecule has 34 heavy (non-hydrogen) atoms. The van der Waals surface area contributed by atoms with Crippen molar-refractivity contribution >= 4 is 29.4 Å². The number of halogens is 3. The molecule has 2 N–H and O–H groups in total. The highest BCUT2D eigenvalue weighted by Gasteiger charge is 2.30. The van der Waals surface area contributed by atoms with Gasteiger partial charge in [-0.3, -0.25) is 19.0 Å². The number of nitrogens with one attached hydrogen (secondary N) is 2. The lowest BCUT2D eigenvalue weighted by Gasteiger charge is -2.23. The molecule has 0 fully saturated rings. The molecule has 1 heterocycles. The standard InChI is InChI=1S/C22H27ClF2N4O5/c1-12(2)29-19(31)17(23)18(33-11-14-6-7-15(24)10-16(14)25)28-21(29)27-9-8-26-20(32)22(4,5)34-13(3)30/h6-7,10,12H,8-9,11H2,1-5H3,(H,26,32)(H,27,28). The molecule has 0 saturated carbocycles. The molecule has 0 bridgehead atoms. The Morgan fingerprint density at radius 2 is 1.91 bits per heavy atom. The molecule has 0 aliphatic carbocycles. The van der Waals surface area contributed by atoms with Crippen LogP contribution in [0.25, 0.3) is 0 Å². The summed E-state index contributed by atoms with van der Waals surface area (Å²) < 4.78 is 38.7.